The number of non-ortho nitro benzene ring substituents is 1. The van der Waals surface area contributed by atoms with E-state index in [1.165, 1.54) is 12.1 Å². The Bertz CT molecular complexity index is 1150. The molecule has 160 valence electrons. The van der Waals surface area contributed by atoms with Gasteiger partial charge in [-0.25, -0.2) is 4.68 Å². The first-order valence-electron chi connectivity index (χ1n) is 10.3. The Kier molecular flexibility index (Phi) is 5.56. The number of rotatable bonds is 5. The number of carbonyl (C=O) groups is 1. The number of aliphatic hydroxyl groups is 1. The maximum Gasteiger partial charge on any atom is 0.270 e. The van der Waals surface area contributed by atoms with E-state index < -0.39 is 11.0 Å². The lowest BCUT2D eigenvalue weighted by Gasteiger charge is -2.36. The minimum Gasteiger partial charge on any atom is -0.394 e. The lowest BCUT2D eigenvalue weighted by atomic mass is 9.93. The Morgan fingerprint density at radius 3 is 2.61 bits per heavy atom. The molecule has 2 aromatic carbocycles. The van der Waals surface area contributed by atoms with Gasteiger partial charge in [0.2, 0.25) is 0 Å². The van der Waals surface area contributed by atoms with Crippen molar-refractivity contribution in [1.29, 1.82) is 0 Å². The molecule has 1 aromatic heterocycles. The average Bonchev–Trinajstić information content (AvgIpc) is 3.17. The molecule has 8 nitrogen and oxygen atoms in total. The van der Waals surface area contributed by atoms with Crippen molar-refractivity contribution in [2.24, 2.45) is 0 Å². The SMILES string of the molecule is CCc1cc(C)n(-c2ccc([N+](=O)[O-])cc2C(=O)N2Cc3ccccc3C[C@H]2CO)n1. The van der Waals surface area contributed by atoms with Crippen LogP contribution in [-0.2, 0) is 19.4 Å². The summed E-state index contributed by atoms with van der Waals surface area (Å²) in [5.41, 5.74) is 4.34. The van der Waals surface area contributed by atoms with E-state index in [1.54, 1.807) is 15.6 Å². The first-order valence-corrected chi connectivity index (χ1v) is 10.3. The Hall–Kier alpha value is -3.52. The van der Waals surface area contributed by atoms with Crippen LogP contribution >= 0.6 is 0 Å². The summed E-state index contributed by atoms with van der Waals surface area (Å²) in [4.78, 5) is 26.2. The molecule has 0 aliphatic carbocycles. The van der Waals surface area contributed by atoms with Crippen LogP contribution in [-0.4, -0.2) is 43.3 Å². The third kappa shape index (κ3) is 3.82. The Balaban J connectivity index is 1.81. The fourth-order valence-electron chi connectivity index (χ4n) is 4.09. The number of nitrogens with zero attached hydrogens (tertiary/aromatic N) is 4. The maximum absolute atomic E-state index is 13.7. The molecule has 0 spiro atoms. The molecule has 1 aliphatic heterocycles. The lowest BCUT2D eigenvalue weighted by Crippen LogP contribution is -2.46. The molecule has 1 aliphatic rings. The van der Waals surface area contributed by atoms with Crippen molar-refractivity contribution in [3.05, 3.63) is 86.7 Å². The van der Waals surface area contributed by atoms with Gasteiger partial charge in [-0.2, -0.15) is 5.10 Å². The van der Waals surface area contributed by atoms with Crippen LogP contribution in [0.2, 0.25) is 0 Å². The quantitative estimate of drug-likeness (QED) is 0.504. The van der Waals surface area contributed by atoms with E-state index >= 15 is 0 Å². The zero-order valence-corrected chi connectivity index (χ0v) is 17.5. The van der Waals surface area contributed by atoms with Crippen molar-refractivity contribution in [2.45, 2.75) is 39.3 Å². The number of hydrogen-bond donors (Lipinski definition) is 1. The van der Waals surface area contributed by atoms with Gasteiger partial charge in [-0.3, -0.25) is 14.9 Å². The van der Waals surface area contributed by atoms with Gasteiger partial charge in [-0.15, -0.1) is 0 Å². The average molecular weight is 420 g/mol. The summed E-state index contributed by atoms with van der Waals surface area (Å²) in [7, 11) is 0. The molecule has 0 unspecified atom stereocenters. The summed E-state index contributed by atoms with van der Waals surface area (Å²) in [6.07, 6.45) is 1.27. The number of nitro groups is 1. The van der Waals surface area contributed by atoms with Crippen molar-refractivity contribution < 1.29 is 14.8 Å². The fraction of sp³-hybridized carbons (Fsp3) is 0.304. The summed E-state index contributed by atoms with van der Waals surface area (Å²) < 4.78 is 1.65. The third-order valence-electron chi connectivity index (χ3n) is 5.78. The fourth-order valence-corrected chi connectivity index (χ4v) is 4.09. The molecule has 0 radical (unpaired) electrons. The van der Waals surface area contributed by atoms with E-state index in [0.29, 0.717) is 18.7 Å². The van der Waals surface area contributed by atoms with Gasteiger partial charge in [0.05, 0.1) is 34.5 Å². The summed E-state index contributed by atoms with van der Waals surface area (Å²) in [5.74, 6) is -0.361. The Labute approximate surface area is 179 Å². The molecule has 1 amide bonds. The maximum atomic E-state index is 13.7. The molecule has 4 rings (SSSR count). The standard InChI is InChI=1S/C23H24N4O4/c1-3-18-10-15(2)26(24-18)22-9-8-19(27(30)31)12-21(22)23(29)25-13-17-7-5-4-6-16(17)11-20(25)14-28/h4-10,12,20,28H,3,11,13-14H2,1-2H3/t20-/m0/s1. The number of aliphatic hydroxyl groups excluding tert-OH is 1. The highest BCUT2D eigenvalue weighted by molar-refractivity contribution is 5.99. The molecule has 8 heteroatoms. The second-order valence-corrected chi connectivity index (χ2v) is 7.74. The minimum absolute atomic E-state index is 0.161. The van der Waals surface area contributed by atoms with Gasteiger partial charge in [-0.05, 0) is 43.0 Å². The molecular formula is C23H24N4O4. The van der Waals surface area contributed by atoms with Crippen LogP contribution in [0.3, 0.4) is 0 Å². The highest BCUT2D eigenvalue weighted by atomic mass is 16.6. The van der Waals surface area contributed by atoms with Crippen LogP contribution in [0.5, 0.6) is 0 Å². The molecule has 3 aromatic rings. The van der Waals surface area contributed by atoms with E-state index in [-0.39, 0.29) is 23.8 Å². The number of hydrogen-bond acceptors (Lipinski definition) is 5. The Morgan fingerprint density at radius 2 is 1.97 bits per heavy atom. The van der Waals surface area contributed by atoms with Crippen molar-refractivity contribution in [2.75, 3.05) is 6.61 Å². The summed E-state index contributed by atoms with van der Waals surface area (Å²) >= 11 is 0. The summed E-state index contributed by atoms with van der Waals surface area (Å²) in [6.45, 7) is 4.02. The second-order valence-electron chi connectivity index (χ2n) is 7.74. The summed E-state index contributed by atoms with van der Waals surface area (Å²) in [5, 5.41) is 26.0. The summed E-state index contributed by atoms with van der Waals surface area (Å²) in [6, 6.07) is 13.6. The number of nitro benzene ring substituents is 1. The first kappa shape index (κ1) is 20.7. The molecule has 31 heavy (non-hydrogen) atoms. The van der Waals surface area contributed by atoms with Gasteiger partial charge in [0.1, 0.15) is 0 Å². The molecule has 1 atom stereocenters. The van der Waals surface area contributed by atoms with Crippen LogP contribution in [0.15, 0.2) is 48.5 Å². The number of aromatic nitrogens is 2. The molecule has 0 saturated heterocycles. The zero-order valence-electron chi connectivity index (χ0n) is 17.5. The smallest absolute Gasteiger partial charge is 0.270 e. The van der Waals surface area contributed by atoms with Gasteiger partial charge in [0, 0.05) is 24.4 Å². The van der Waals surface area contributed by atoms with E-state index in [9.17, 15) is 20.0 Å². The zero-order chi connectivity index (χ0) is 22.1. The van der Waals surface area contributed by atoms with Crippen molar-refractivity contribution in [1.82, 2.24) is 14.7 Å². The topological polar surface area (TPSA) is 101 Å². The van der Waals surface area contributed by atoms with Gasteiger partial charge in [0.25, 0.3) is 11.6 Å². The van der Waals surface area contributed by atoms with E-state index in [1.807, 2.05) is 44.2 Å². The number of benzene rings is 2. The van der Waals surface area contributed by atoms with Gasteiger partial charge >= 0.3 is 0 Å². The highest BCUT2D eigenvalue weighted by Crippen LogP contribution is 2.29. The van der Waals surface area contributed by atoms with Gasteiger partial charge in [0.15, 0.2) is 0 Å². The second kappa shape index (κ2) is 8.31. The molecule has 0 saturated carbocycles. The van der Waals surface area contributed by atoms with Crippen LogP contribution in [0.4, 0.5) is 5.69 Å². The van der Waals surface area contributed by atoms with Gasteiger partial charge in [-0.1, -0.05) is 31.2 Å². The van der Waals surface area contributed by atoms with Crippen LogP contribution in [0, 0.1) is 17.0 Å². The van der Waals surface area contributed by atoms with E-state index in [2.05, 4.69) is 5.10 Å². The monoisotopic (exact) mass is 420 g/mol. The first-order chi connectivity index (χ1) is 14.9. The van der Waals surface area contributed by atoms with Crippen molar-refractivity contribution >= 4 is 11.6 Å². The number of amides is 1. The van der Waals surface area contributed by atoms with E-state index in [4.69, 9.17) is 0 Å². The Morgan fingerprint density at radius 1 is 1.23 bits per heavy atom. The molecule has 1 N–H and O–H groups in total. The predicted octanol–water partition coefficient (Wildman–Crippen LogP) is 3.21. The molecule has 0 bridgehead atoms. The predicted molar refractivity (Wildman–Crippen MR) is 115 cm³/mol. The molecular weight excluding hydrogens is 396 g/mol. The normalized spacial score (nSPS) is 15.6. The number of carbonyl (C=O) groups excluding carboxylic acids is 1. The largest absolute Gasteiger partial charge is 0.394 e. The van der Waals surface area contributed by atoms with Crippen LogP contribution < -0.4 is 0 Å². The van der Waals surface area contributed by atoms with Crippen molar-refractivity contribution in [3.63, 3.8) is 0 Å². The van der Waals surface area contributed by atoms with Gasteiger partial charge < -0.3 is 10.0 Å². The molecule has 0 fully saturated rings. The number of fused-ring (bicyclic) bond motifs is 1. The number of aryl methyl sites for hydroxylation is 2. The molecule has 2 heterocycles. The minimum atomic E-state index is -0.511. The van der Waals surface area contributed by atoms with Crippen molar-refractivity contribution in [3.8, 4) is 5.69 Å². The highest BCUT2D eigenvalue weighted by Gasteiger charge is 2.32. The van der Waals surface area contributed by atoms with Crippen LogP contribution in [0.25, 0.3) is 5.69 Å². The van der Waals surface area contributed by atoms with E-state index in [0.717, 1.165) is 28.9 Å². The third-order valence-corrected chi connectivity index (χ3v) is 5.78. The lowest BCUT2D eigenvalue weighted by molar-refractivity contribution is -0.384. The van der Waals surface area contributed by atoms with Crippen LogP contribution in [0.1, 0.15) is 39.8 Å².